The number of hydrogen-bond acceptors (Lipinski definition) is 7. The molecule has 0 aliphatic rings. The van der Waals surface area contributed by atoms with Gasteiger partial charge in [-0.15, -0.1) is 0 Å². The second-order valence-electron chi connectivity index (χ2n) is 19.1. The van der Waals surface area contributed by atoms with Crippen LogP contribution in [0.25, 0.3) is 0 Å². The summed E-state index contributed by atoms with van der Waals surface area (Å²) in [7, 11) is 1.17. The van der Waals surface area contributed by atoms with E-state index in [-0.39, 0.29) is 24.9 Å². The first-order valence-corrected chi connectivity index (χ1v) is 27.9. The molecule has 0 rings (SSSR count). The Labute approximate surface area is 395 Å². The Morgan fingerprint density at radius 3 is 1.48 bits per heavy atom. The molecule has 10 heteroatoms. The first kappa shape index (κ1) is 62.0. The minimum absolute atomic E-state index is 0.0262. The van der Waals surface area contributed by atoms with E-state index in [1.54, 1.807) is 0 Å². The van der Waals surface area contributed by atoms with Crippen molar-refractivity contribution >= 4 is 19.7 Å². The summed E-state index contributed by atoms with van der Waals surface area (Å²) in [5.41, 5.74) is 0. The zero-order chi connectivity index (χ0) is 47.3. The van der Waals surface area contributed by atoms with E-state index in [0.29, 0.717) is 23.9 Å². The molecule has 64 heavy (non-hydrogen) atoms. The fraction of sp³-hybridized carbons (Fsp3) is 0.815. The van der Waals surface area contributed by atoms with Crippen LogP contribution in [-0.4, -0.2) is 69.4 Å². The van der Waals surface area contributed by atoms with Gasteiger partial charge in [0.1, 0.15) is 19.3 Å². The number of phosphoric acid groups is 1. The van der Waals surface area contributed by atoms with Crippen molar-refractivity contribution < 1.29 is 37.3 Å². The minimum Gasteiger partial charge on any atom is -0.756 e. The molecule has 9 nitrogen and oxygen atoms in total. The average Bonchev–Trinajstić information content (AvgIpc) is 3.25. The van der Waals surface area contributed by atoms with E-state index in [9.17, 15) is 19.0 Å². The highest BCUT2D eigenvalue weighted by Crippen LogP contribution is 2.38. The largest absolute Gasteiger partial charge is 0.756 e. The monoisotopic (exact) mass is 921 g/mol. The number of rotatable bonds is 47. The number of nitrogens with one attached hydrogen (secondary N) is 1. The van der Waals surface area contributed by atoms with Gasteiger partial charge in [0.25, 0.3) is 7.82 Å². The van der Waals surface area contributed by atoms with Crippen LogP contribution in [0.2, 0.25) is 0 Å². The third-order valence-electron chi connectivity index (χ3n) is 11.6. The lowest BCUT2D eigenvalue weighted by Gasteiger charge is -2.30. The lowest BCUT2D eigenvalue weighted by atomic mass is 10.0. The highest BCUT2D eigenvalue weighted by molar-refractivity contribution is 7.45. The molecule has 0 aromatic carbocycles. The Bertz CT molecular complexity index is 1240. The molecule has 0 saturated carbocycles. The maximum absolute atomic E-state index is 13.4. The number of phosphoric ester groups is 1. The van der Waals surface area contributed by atoms with Crippen LogP contribution in [0, 0.1) is 0 Å². The number of quaternary nitrogens is 1. The summed E-state index contributed by atoms with van der Waals surface area (Å²) in [6, 6.07) is -0.894. The van der Waals surface area contributed by atoms with Crippen LogP contribution in [0.3, 0.4) is 0 Å². The zero-order valence-corrected chi connectivity index (χ0v) is 43.4. The lowest BCUT2D eigenvalue weighted by Crippen LogP contribution is -2.47. The van der Waals surface area contributed by atoms with Crippen LogP contribution in [0.1, 0.15) is 233 Å². The van der Waals surface area contributed by atoms with E-state index in [1.807, 2.05) is 39.4 Å². The summed E-state index contributed by atoms with van der Waals surface area (Å²) in [5, 5.41) is 3.00. The molecule has 0 heterocycles. The van der Waals surface area contributed by atoms with Gasteiger partial charge in [0.15, 0.2) is 0 Å². The molecule has 374 valence electrons. The Balaban J connectivity index is 5.45. The van der Waals surface area contributed by atoms with E-state index in [4.69, 9.17) is 13.8 Å². The van der Waals surface area contributed by atoms with Gasteiger partial charge < -0.3 is 28.5 Å². The van der Waals surface area contributed by atoms with E-state index in [2.05, 4.69) is 56.5 Å². The fourth-order valence-electron chi connectivity index (χ4n) is 7.46. The smallest absolute Gasteiger partial charge is 0.306 e. The molecule has 0 aromatic rings. The van der Waals surface area contributed by atoms with Crippen LogP contribution in [0.4, 0.5) is 0 Å². The van der Waals surface area contributed by atoms with Crippen LogP contribution in [0.5, 0.6) is 0 Å². The second kappa shape index (κ2) is 44.8. The fourth-order valence-corrected chi connectivity index (χ4v) is 8.19. The third kappa shape index (κ3) is 45.1. The van der Waals surface area contributed by atoms with Crippen LogP contribution in [0.15, 0.2) is 48.6 Å². The molecule has 0 bridgehead atoms. The van der Waals surface area contributed by atoms with Crippen molar-refractivity contribution in [2.45, 2.75) is 245 Å². The van der Waals surface area contributed by atoms with Crippen molar-refractivity contribution in [1.82, 2.24) is 5.32 Å². The van der Waals surface area contributed by atoms with Crippen LogP contribution in [-0.2, 0) is 27.9 Å². The molecular weight excluding hydrogens is 820 g/mol. The Kier molecular flexibility index (Phi) is 43.4. The summed E-state index contributed by atoms with van der Waals surface area (Å²) in [6.45, 7) is 6.68. The number of carbonyl (C=O) groups excluding carboxylic acids is 2. The molecule has 0 aliphatic carbocycles. The minimum atomic E-state index is -4.69. The summed E-state index contributed by atoms with van der Waals surface area (Å²) in [6.07, 6.45) is 52.1. The van der Waals surface area contributed by atoms with Gasteiger partial charge in [-0.3, -0.25) is 14.2 Å². The van der Waals surface area contributed by atoms with Gasteiger partial charge >= 0.3 is 5.97 Å². The molecule has 0 aliphatic heterocycles. The van der Waals surface area contributed by atoms with E-state index in [0.717, 1.165) is 77.0 Å². The number of carbonyl (C=O) groups is 2. The molecule has 3 unspecified atom stereocenters. The van der Waals surface area contributed by atoms with Crippen LogP contribution < -0.4 is 10.2 Å². The number of amides is 1. The van der Waals surface area contributed by atoms with Gasteiger partial charge in [0.2, 0.25) is 5.91 Å². The summed E-state index contributed by atoms with van der Waals surface area (Å²) < 4.78 is 30.1. The number of ether oxygens (including phenoxy) is 1. The number of unbranched alkanes of at least 4 members (excludes halogenated alkanes) is 27. The summed E-state index contributed by atoms with van der Waals surface area (Å²) >= 11 is 0. The maximum Gasteiger partial charge on any atom is 0.306 e. The first-order chi connectivity index (χ1) is 30.9. The van der Waals surface area contributed by atoms with Gasteiger partial charge in [-0.05, 0) is 51.0 Å². The number of nitrogens with zero attached hydrogens (tertiary/aromatic N) is 1. The van der Waals surface area contributed by atoms with Crippen molar-refractivity contribution in [1.29, 1.82) is 0 Å². The number of hydrogen-bond donors (Lipinski definition) is 1. The van der Waals surface area contributed by atoms with Gasteiger partial charge in [-0.1, -0.05) is 217 Å². The SMILES string of the molecule is CC/C=C/C=C/C=C\CCCCCCCC(=O)NC(COP(=O)([O-])OCC[N+](C)(C)C)C(/C=C/CCCCCCCCCCCC)OC(=O)CCCCCCCCCCCCCCC. The van der Waals surface area contributed by atoms with Gasteiger partial charge in [0.05, 0.1) is 33.8 Å². The third-order valence-corrected chi connectivity index (χ3v) is 12.5. The first-order valence-electron chi connectivity index (χ1n) is 26.5. The van der Waals surface area contributed by atoms with E-state index < -0.39 is 26.6 Å². The lowest BCUT2D eigenvalue weighted by molar-refractivity contribution is -0.870. The molecule has 0 radical (unpaired) electrons. The predicted molar refractivity (Wildman–Crippen MR) is 270 cm³/mol. The number of allylic oxidation sites excluding steroid dienone is 7. The standard InChI is InChI=1S/C54H101N2O7P/c1-7-10-13-16-19-22-25-28-31-34-37-40-43-46-53(57)55-51(50-62-64(59,60)61-49-48-56(4,5)6)52(45-42-39-36-33-30-27-24-21-18-15-12-9-3)63-54(58)47-44-41-38-35-32-29-26-23-20-17-14-11-8-2/h10,13,16,19,22,25,42,45,51-52H,7-9,11-12,14-15,17-18,20-21,23-24,26-41,43-44,46-50H2,1-6H3,(H-,55,57,59,60)/b13-10+,19-16+,25-22-,45-42+. The highest BCUT2D eigenvalue weighted by atomic mass is 31.2. The van der Waals surface area contributed by atoms with Gasteiger partial charge in [0, 0.05) is 12.8 Å². The molecule has 0 fully saturated rings. The molecule has 0 aromatic heterocycles. The van der Waals surface area contributed by atoms with Crippen molar-refractivity contribution in [3.05, 3.63) is 48.6 Å². The van der Waals surface area contributed by atoms with Gasteiger partial charge in [-0.25, -0.2) is 0 Å². The van der Waals surface area contributed by atoms with E-state index >= 15 is 0 Å². The second-order valence-corrected chi connectivity index (χ2v) is 20.5. The zero-order valence-electron chi connectivity index (χ0n) is 42.5. The highest BCUT2D eigenvalue weighted by Gasteiger charge is 2.27. The Morgan fingerprint density at radius 2 is 1.00 bits per heavy atom. The van der Waals surface area contributed by atoms with Crippen molar-refractivity contribution in [2.75, 3.05) is 40.9 Å². The normalized spacial score (nSPS) is 14.3. The summed E-state index contributed by atoms with van der Waals surface area (Å²) in [5.74, 6) is -0.563. The van der Waals surface area contributed by atoms with Crippen molar-refractivity contribution in [3.63, 3.8) is 0 Å². The molecular formula is C54H101N2O7P. The van der Waals surface area contributed by atoms with E-state index in [1.165, 1.54) is 116 Å². The van der Waals surface area contributed by atoms with Crippen molar-refractivity contribution in [2.24, 2.45) is 0 Å². The topological polar surface area (TPSA) is 114 Å². The number of esters is 1. The van der Waals surface area contributed by atoms with Crippen molar-refractivity contribution in [3.8, 4) is 0 Å². The number of likely N-dealkylation sites (N-methyl/N-ethyl adjacent to an activating group) is 1. The molecule has 1 amide bonds. The predicted octanol–water partition coefficient (Wildman–Crippen LogP) is 14.7. The molecule has 1 N–H and O–H groups in total. The van der Waals surface area contributed by atoms with Gasteiger partial charge in [-0.2, -0.15) is 0 Å². The average molecular weight is 921 g/mol. The molecule has 0 spiro atoms. The van der Waals surface area contributed by atoms with Crippen LogP contribution >= 0.6 is 7.82 Å². The summed E-state index contributed by atoms with van der Waals surface area (Å²) in [4.78, 5) is 39.7. The quantitative estimate of drug-likeness (QED) is 0.0161. The molecule has 0 saturated heterocycles. The molecule has 3 atom stereocenters. The Hall–Kier alpha value is -2.03. The maximum atomic E-state index is 13.4. The Morgan fingerprint density at radius 1 is 0.562 bits per heavy atom.